The smallest absolute Gasteiger partial charge is 0.124 e. The molecule has 0 radical (unpaired) electrons. The van der Waals surface area contributed by atoms with E-state index in [-0.39, 0.29) is 17.9 Å². The lowest BCUT2D eigenvalue weighted by Gasteiger charge is -2.24. The van der Waals surface area contributed by atoms with E-state index in [0.717, 1.165) is 18.5 Å². The molecule has 4 heteroatoms. The van der Waals surface area contributed by atoms with Crippen molar-refractivity contribution >= 4 is 11.6 Å². The maximum absolute atomic E-state index is 12.9. The summed E-state index contributed by atoms with van der Waals surface area (Å²) in [5.74, 6) is -0.307. The van der Waals surface area contributed by atoms with E-state index in [1.54, 1.807) is 6.07 Å². The van der Waals surface area contributed by atoms with Gasteiger partial charge in [0.25, 0.3) is 0 Å². The molecule has 1 fully saturated rings. The Hall–Kier alpha value is -0.640. The quantitative estimate of drug-likeness (QED) is 0.799. The maximum Gasteiger partial charge on any atom is 0.124 e. The van der Waals surface area contributed by atoms with Crippen molar-refractivity contribution < 1.29 is 4.39 Å². The van der Waals surface area contributed by atoms with Crippen LogP contribution in [0.2, 0.25) is 5.02 Å². The van der Waals surface area contributed by atoms with Crippen molar-refractivity contribution in [1.82, 2.24) is 4.90 Å². The topological polar surface area (TPSA) is 29.3 Å². The standard InChI is InChI=1S/C11H14ClFN2/c1-15-5-4-10(14)11(15)8-3-2-7(13)6-9(8)12/h2-3,6,10-11H,4-5,14H2,1H3. The van der Waals surface area contributed by atoms with Crippen LogP contribution < -0.4 is 5.73 Å². The van der Waals surface area contributed by atoms with Crippen molar-refractivity contribution in [3.63, 3.8) is 0 Å². The van der Waals surface area contributed by atoms with Crippen LogP contribution in [0.15, 0.2) is 18.2 Å². The second-order valence-electron chi connectivity index (χ2n) is 4.04. The minimum absolute atomic E-state index is 0.0814. The van der Waals surface area contributed by atoms with Gasteiger partial charge in [-0.15, -0.1) is 0 Å². The van der Waals surface area contributed by atoms with Crippen molar-refractivity contribution in [2.75, 3.05) is 13.6 Å². The number of hydrogen-bond acceptors (Lipinski definition) is 2. The van der Waals surface area contributed by atoms with E-state index in [2.05, 4.69) is 4.90 Å². The summed E-state index contributed by atoms with van der Waals surface area (Å²) in [7, 11) is 2.01. The Morgan fingerprint density at radius 1 is 1.53 bits per heavy atom. The van der Waals surface area contributed by atoms with Gasteiger partial charge in [0.2, 0.25) is 0 Å². The Labute approximate surface area is 93.8 Å². The lowest BCUT2D eigenvalue weighted by Crippen LogP contribution is -2.29. The third-order valence-electron chi connectivity index (χ3n) is 2.98. The molecule has 2 nitrogen and oxygen atoms in total. The largest absolute Gasteiger partial charge is 0.326 e. The zero-order chi connectivity index (χ0) is 11.0. The summed E-state index contributed by atoms with van der Waals surface area (Å²) in [5.41, 5.74) is 6.94. The molecule has 1 saturated heterocycles. The lowest BCUT2D eigenvalue weighted by molar-refractivity contribution is 0.304. The summed E-state index contributed by atoms with van der Waals surface area (Å²) in [6, 6.07) is 4.69. The van der Waals surface area contributed by atoms with E-state index in [1.165, 1.54) is 12.1 Å². The van der Waals surface area contributed by atoms with Gasteiger partial charge in [-0.05, 0) is 31.2 Å². The molecule has 0 aromatic heterocycles. The number of likely N-dealkylation sites (tertiary alicyclic amines) is 1. The number of halogens is 2. The number of hydrogen-bond donors (Lipinski definition) is 1. The highest BCUT2D eigenvalue weighted by atomic mass is 35.5. The molecule has 2 N–H and O–H groups in total. The Morgan fingerprint density at radius 2 is 2.27 bits per heavy atom. The molecule has 0 saturated carbocycles. The maximum atomic E-state index is 12.9. The molecule has 82 valence electrons. The Balaban J connectivity index is 2.36. The SMILES string of the molecule is CN1CCC(N)C1c1ccc(F)cc1Cl. The van der Waals surface area contributed by atoms with Gasteiger partial charge in [-0.25, -0.2) is 4.39 Å². The van der Waals surface area contributed by atoms with Gasteiger partial charge in [0.05, 0.1) is 6.04 Å². The third kappa shape index (κ3) is 2.00. The molecule has 15 heavy (non-hydrogen) atoms. The molecule has 2 atom stereocenters. The van der Waals surface area contributed by atoms with E-state index in [4.69, 9.17) is 17.3 Å². The highest BCUT2D eigenvalue weighted by Crippen LogP contribution is 2.34. The average Bonchev–Trinajstić information content (AvgIpc) is 2.48. The molecule has 0 spiro atoms. The van der Waals surface area contributed by atoms with Crippen molar-refractivity contribution in [3.05, 3.63) is 34.6 Å². The van der Waals surface area contributed by atoms with Crippen LogP contribution in [0.4, 0.5) is 4.39 Å². The molecule has 2 unspecified atom stereocenters. The predicted molar refractivity (Wildman–Crippen MR) is 59.4 cm³/mol. The van der Waals surface area contributed by atoms with E-state index in [0.29, 0.717) is 5.02 Å². The van der Waals surface area contributed by atoms with Crippen LogP contribution >= 0.6 is 11.6 Å². The van der Waals surface area contributed by atoms with Crippen LogP contribution in [-0.4, -0.2) is 24.5 Å². The van der Waals surface area contributed by atoms with Crippen molar-refractivity contribution in [1.29, 1.82) is 0 Å². The van der Waals surface area contributed by atoms with Crippen LogP contribution in [-0.2, 0) is 0 Å². The minimum atomic E-state index is -0.307. The number of nitrogens with zero attached hydrogens (tertiary/aromatic N) is 1. The van der Waals surface area contributed by atoms with Crippen molar-refractivity contribution in [3.8, 4) is 0 Å². The molecule has 0 aliphatic carbocycles. The summed E-state index contributed by atoms with van der Waals surface area (Å²) in [5, 5.41) is 0.462. The van der Waals surface area contributed by atoms with Crippen LogP contribution in [0.1, 0.15) is 18.0 Å². The van der Waals surface area contributed by atoms with Gasteiger partial charge in [0, 0.05) is 17.6 Å². The predicted octanol–water partition coefficient (Wildman–Crippen LogP) is 2.18. The number of benzene rings is 1. The Kier molecular flexibility index (Phi) is 2.96. The van der Waals surface area contributed by atoms with E-state index in [9.17, 15) is 4.39 Å². The molecule has 1 aromatic carbocycles. The lowest BCUT2D eigenvalue weighted by atomic mass is 10.0. The second kappa shape index (κ2) is 4.08. The number of nitrogens with two attached hydrogens (primary N) is 1. The number of likely N-dealkylation sites (N-methyl/N-ethyl adjacent to an activating group) is 1. The van der Waals surface area contributed by atoms with Gasteiger partial charge < -0.3 is 5.73 Å². The van der Waals surface area contributed by atoms with Crippen LogP contribution in [0, 0.1) is 5.82 Å². The molecule has 1 aromatic rings. The average molecular weight is 229 g/mol. The first-order chi connectivity index (χ1) is 7.09. The fourth-order valence-electron chi connectivity index (χ4n) is 2.19. The van der Waals surface area contributed by atoms with Crippen LogP contribution in [0.3, 0.4) is 0 Å². The van der Waals surface area contributed by atoms with Gasteiger partial charge in [0.1, 0.15) is 5.82 Å². The summed E-state index contributed by atoms with van der Waals surface area (Å²) < 4.78 is 12.9. The van der Waals surface area contributed by atoms with E-state index in [1.807, 2.05) is 7.05 Å². The Bertz CT molecular complexity index is 360. The van der Waals surface area contributed by atoms with Gasteiger partial charge in [-0.3, -0.25) is 4.90 Å². The molecule has 0 bridgehead atoms. The third-order valence-corrected chi connectivity index (χ3v) is 3.30. The molecule has 1 heterocycles. The molecule has 1 aliphatic rings. The minimum Gasteiger partial charge on any atom is -0.326 e. The first-order valence-corrected chi connectivity index (χ1v) is 5.38. The fourth-order valence-corrected chi connectivity index (χ4v) is 2.46. The number of rotatable bonds is 1. The monoisotopic (exact) mass is 228 g/mol. The van der Waals surface area contributed by atoms with Crippen molar-refractivity contribution in [2.45, 2.75) is 18.5 Å². The highest BCUT2D eigenvalue weighted by molar-refractivity contribution is 6.31. The van der Waals surface area contributed by atoms with E-state index < -0.39 is 0 Å². The normalized spacial score (nSPS) is 27.2. The van der Waals surface area contributed by atoms with Gasteiger partial charge >= 0.3 is 0 Å². The molecular formula is C11H14ClFN2. The molecule has 2 rings (SSSR count). The van der Waals surface area contributed by atoms with Gasteiger partial charge in [0.15, 0.2) is 0 Å². The van der Waals surface area contributed by atoms with Crippen LogP contribution in [0.5, 0.6) is 0 Å². The highest BCUT2D eigenvalue weighted by Gasteiger charge is 2.31. The zero-order valence-corrected chi connectivity index (χ0v) is 9.34. The first-order valence-electron chi connectivity index (χ1n) is 5.00. The molecular weight excluding hydrogens is 215 g/mol. The van der Waals surface area contributed by atoms with Crippen molar-refractivity contribution in [2.24, 2.45) is 5.73 Å². The second-order valence-corrected chi connectivity index (χ2v) is 4.45. The van der Waals surface area contributed by atoms with Crippen LogP contribution in [0.25, 0.3) is 0 Å². The summed E-state index contributed by atoms with van der Waals surface area (Å²) in [6.45, 7) is 0.958. The summed E-state index contributed by atoms with van der Waals surface area (Å²) in [6.07, 6.45) is 0.953. The summed E-state index contributed by atoms with van der Waals surface area (Å²) >= 11 is 6.02. The van der Waals surface area contributed by atoms with E-state index >= 15 is 0 Å². The molecule has 0 amide bonds. The fraction of sp³-hybridized carbons (Fsp3) is 0.455. The van der Waals surface area contributed by atoms with Gasteiger partial charge in [-0.1, -0.05) is 17.7 Å². The van der Waals surface area contributed by atoms with Gasteiger partial charge in [-0.2, -0.15) is 0 Å². The zero-order valence-electron chi connectivity index (χ0n) is 8.58. The Morgan fingerprint density at radius 3 is 2.80 bits per heavy atom. The first kappa shape index (κ1) is 10.9. The summed E-state index contributed by atoms with van der Waals surface area (Å²) in [4.78, 5) is 2.16. The molecule has 1 aliphatic heterocycles.